The molecule has 1 N–H and O–H groups in total. The molecule has 0 bridgehead atoms. The molecular formula is C24H16BrCl3FN3O2. The van der Waals surface area contributed by atoms with Crippen molar-refractivity contribution in [3.05, 3.63) is 109 Å². The average molecular weight is 584 g/mol. The Kier molecular flexibility index (Phi) is 7.78. The fourth-order valence-corrected chi connectivity index (χ4v) is 4.19. The summed E-state index contributed by atoms with van der Waals surface area (Å²) in [5, 5.41) is 8.32. The van der Waals surface area contributed by atoms with Crippen molar-refractivity contribution in [2.45, 2.75) is 13.2 Å². The zero-order chi connectivity index (χ0) is 24.2. The summed E-state index contributed by atoms with van der Waals surface area (Å²) < 4.78 is 21.8. The third-order valence-corrected chi connectivity index (χ3v) is 6.30. The van der Waals surface area contributed by atoms with Gasteiger partial charge in [0, 0.05) is 27.4 Å². The Hall–Kier alpha value is -2.58. The minimum absolute atomic E-state index is 0.117. The molecule has 0 fully saturated rings. The smallest absolute Gasteiger partial charge is 0.256 e. The van der Waals surface area contributed by atoms with Gasteiger partial charge in [0.1, 0.15) is 18.2 Å². The van der Waals surface area contributed by atoms with E-state index in [0.717, 1.165) is 5.56 Å². The largest absolute Gasteiger partial charge is 0.487 e. The molecule has 10 heteroatoms. The maximum absolute atomic E-state index is 14.1. The molecule has 4 rings (SSSR count). The van der Waals surface area contributed by atoms with Gasteiger partial charge in [-0.2, -0.15) is 5.10 Å². The first kappa shape index (κ1) is 24.5. The van der Waals surface area contributed by atoms with Crippen LogP contribution in [0.25, 0.3) is 0 Å². The van der Waals surface area contributed by atoms with E-state index < -0.39 is 5.82 Å². The number of carbonyl (C=O) groups is 1. The van der Waals surface area contributed by atoms with Crippen molar-refractivity contribution in [3.63, 3.8) is 0 Å². The third kappa shape index (κ3) is 5.91. The number of ether oxygens (including phenoxy) is 1. The molecule has 0 aliphatic carbocycles. The third-order valence-electron chi connectivity index (χ3n) is 4.84. The summed E-state index contributed by atoms with van der Waals surface area (Å²) in [6.45, 7) is 0.393. The van der Waals surface area contributed by atoms with Gasteiger partial charge in [-0.3, -0.25) is 9.48 Å². The topological polar surface area (TPSA) is 56.2 Å². The van der Waals surface area contributed by atoms with Crippen molar-refractivity contribution in [1.82, 2.24) is 9.78 Å². The summed E-state index contributed by atoms with van der Waals surface area (Å²) in [5.74, 6) is 0.0578. The molecule has 0 atom stereocenters. The first-order valence-electron chi connectivity index (χ1n) is 9.94. The molecule has 1 amide bonds. The molecule has 0 saturated heterocycles. The minimum Gasteiger partial charge on any atom is -0.487 e. The van der Waals surface area contributed by atoms with E-state index >= 15 is 0 Å². The molecule has 0 unspecified atom stereocenters. The second-order valence-electron chi connectivity index (χ2n) is 7.24. The van der Waals surface area contributed by atoms with Gasteiger partial charge in [-0.05, 0) is 64.0 Å². The number of benzene rings is 3. The number of aromatic nitrogens is 2. The van der Waals surface area contributed by atoms with Crippen LogP contribution in [0.4, 0.5) is 10.2 Å². The van der Waals surface area contributed by atoms with Crippen molar-refractivity contribution >= 4 is 62.5 Å². The molecular weight excluding hydrogens is 568 g/mol. The number of carbonyl (C=O) groups excluding carboxylic acids is 1. The predicted molar refractivity (Wildman–Crippen MR) is 136 cm³/mol. The molecule has 34 heavy (non-hydrogen) atoms. The van der Waals surface area contributed by atoms with Gasteiger partial charge < -0.3 is 10.1 Å². The van der Waals surface area contributed by atoms with Crippen LogP contribution in [0, 0.1) is 5.82 Å². The van der Waals surface area contributed by atoms with Crippen LogP contribution in [0.1, 0.15) is 21.5 Å². The standard InChI is InChI=1S/C24H16BrCl3FN3O2/c25-18-12-32(11-17-19(27)2-1-3-21(17)29)31-23(18)30-24(33)15-6-4-14(5-7-15)13-34-22-9-8-16(26)10-20(22)28/h1-10,12H,11,13H2,(H,30,31,33). The summed E-state index contributed by atoms with van der Waals surface area (Å²) >= 11 is 21.5. The number of amides is 1. The maximum Gasteiger partial charge on any atom is 0.256 e. The Morgan fingerprint density at radius 2 is 1.82 bits per heavy atom. The molecule has 0 spiro atoms. The van der Waals surface area contributed by atoms with E-state index in [0.29, 0.717) is 42.2 Å². The van der Waals surface area contributed by atoms with Gasteiger partial charge in [-0.1, -0.05) is 53.0 Å². The number of anilines is 1. The van der Waals surface area contributed by atoms with E-state index in [9.17, 15) is 9.18 Å². The first-order valence-corrected chi connectivity index (χ1v) is 11.9. The predicted octanol–water partition coefficient (Wildman–Crippen LogP) is 7.62. The summed E-state index contributed by atoms with van der Waals surface area (Å²) in [5.41, 5.74) is 1.61. The first-order chi connectivity index (χ1) is 16.3. The number of hydrogen-bond acceptors (Lipinski definition) is 3. The Bertz CT molecular complexity index is 1330. The monoisotopic (exact) mass is 581 g/mol. The number of nitrogens with zero attached hydrogens (tertiary/aromatic N) is 2. The highest BCUT2D eigenvalue weighted by molar-refractivity contribution is 9.10. The molecule has 3 aromatic carbocycles. The van der Waals surface area contributed by atoms with Gasteiger partial charge in [-0.25, -0.2) is 4.39 Å². The van der Waals surface area contributed by atoms with E-state index in [-0.39, 0.29) is 19.1 Å². The van der Waals surface area contributed by atoms with Crippen LogP contribution >= 0.6 is 50.7 Å². The molecule has 4 aromatic rings. The quantitative estimate of drug-likeness (QED) is 0.244. The zero-order valence-electron chi connectivity index (χ0n) is 17.4. The molecule has 0 saturated carbocycles. The van der Waals surface area contributed by atoms with E-state index in [4.69, 9.17) is 39.5 Å². The highest BCUT2D eigenvalue weighted by Gasteiger charge is 2.14. The van der Waals surface area contributed by atoms with Crippen molar-refractivity contribution in [2.75, 3.05) is 5.32 Å². The lowest BCUT2D eigenvalue weighted by molar-refractivity contribution is 0.102. The minimum atomic E-state index is -0.424. The van der Waals surface area contributed by atoms with Gasteiger partial charge in [-0.15, -0.1) is 0 Å². The van der Waals surface area contributed by atoms with E-state index in [2.05, 4.69) is 26.3 Å². The van der Waals surface area contributed by atoms with Gasteiger partial charge >= 0.3 is 0 Å². The second kappa shape index (κ2) is 10.8. The fourth-order valence-electron chi connectivity index (χ4n) is 3.09. The average Bonchev–Trinajstić information content (AvgIpc) is 3.14. The molecule has 174 valence electrons. The highest BCUT2D eigenvalue weighted by atomic mass is 79.9. The number of halogens is 5. The lowest BCUT2D eigenvalue weighted by Gasteiger charge is -2.09. The SMILES string of the molecule is O=C(Nc1nn(Cc2c(F)cccc2Cl)cc1Br)c1ccc(COc2ccc(Cl)cc2Cl)cc1. The summed E-state index contributed by atoms with van der Waals surface area (Å²) in [7, 11) is 0. The van der Waals surface area contributed by atoms with Crippen LogP contribution in [0.2, 0.25) is 15.1 Å². The van der Waals surface area contributed by atoms with Gasteiger partial charge in [0.05, 0.1) is 16.0 Å². The molecule has 5 nitrogen and oxygen atoms in total. The van der Waals surface area contributed by atoms with Crippen molar-refractivity contribution < 1.29 is 13.9 Å². The van der Waals surface area contributed by atoms with E-state index in [1.165, 1.54) is 16.8 Å². The van der Waals surface area contributed by atoms with Gasteiger partial charge in [0.15, 0.2) is 5.82 Å². The molecule has 1 heterocycles. The van der Waals surface area contributed by atoms with Gasteiger partial charge in [0.2, 0.25) is 0 Å². The molecule has 1 aromatic heterocycles. The van der Waals surface area contributed by atoms with Crippen molar-refractivity contribution in [1.29, 1.82) is 0 Å². The number of hydrogen-bond donors (Lipinski definition) is 1. The van der Waals surface area contributed by atoms with Crippen molar-refractivity contribution in [3.8, 4) is 5.75 Å². The van der Waals surface area contributed by atoms with E-state index in [1.54, 1.807) is 54.7 Å². The summed E-state index contributed by atoms with van der Waals surface area (Å²) in [6, 6.07) is 16.4. The molecule has 0 radical (unpaired) electrons. The van der Waals surface area contributed by atoms with Crippen LogP contribution in [0.5, 0.6) is 5.75 Å². The normalized spacial score (nSPS) is 10.9. The lowest BCUT2D eigenvalue weighted by atomic mass is 10.1. The summed E-state index contributed by atoms with van der Waals surface area (Å²) in [4.78, 5) is 12.7. The van der Waals surface area contributed by atoms with Gasteiger partial charge in [0.25, 0.3) is 5.91 Å². The van der Waals surface area contributed by atoms with Crippen LogP contribution in [-0.4, -0.2) is 15.7 Å². The Labute approximate surface area is 218 Å². The van der Waals surface area contributed by atoms with Crippen LogP contribution in [0.15, 0.2) is 71.3 Å². The number of nitrogens with one attached hydrogen (secondary N) is 1. The van der Waals surface area contributed by atoms with Crippen LogP contribution < -0.4 is 10.1 Å². The highest BCUT2D eigenvalue weighted by Crippen LogP contribution is 2.28. The maximum atomic E-state index is 14.1. The Balaban J connectivity index is 1.39. The van der Waals surface area contributed by atoms with Crippen molar-refractivity contribution in [2.24, 2.45) is 0 Å². The second-order valence-corrected chi connectivity index (χ2v) is 9.34. The number of rotatable bonds is 7. The Morgan fingerprint density at radius 3 is 2.53 bits per heavy atom. The molecule has 0 aliphatic rings. The molecule has 0 aliphatic heterocycles. The van der Waals surface area contributed by atoms with Crippen LogP contribution in [-0.2, 0) is 13.2 Å². The van der Waals surface area contributed by atoms with Crippen LogP contribution in [0.3, 0.4) is 0 Å². The fraction of sp³-hybridized carbons (Fsp3) is 0.0833. The lowest BCUT2D eigenvalue weighted by Crippen LogP contribution is -2.13. The Morgan fingerprint density at radius 1 is 1.06 bits per heavy atom. The zero-order valence-corrected chi connectivity index (χ0v) is 21.2. The van der Waals surface area contributed by atoms with E-state index in [1.807, 2.05) is 0 Å². The summed E-state index contributed by atoms with van der Waals surface area (Å²) in [6.07, 6.45) is 1.64.